The Balaban J connectivity index is 2.59. The van der Waals surface area contributed by atoms with E-state index < -0.39 is 0 Å². The number of hydrogen-bond acceptors (Lipinski definition) is 2. The molecule has 0 spiro atoms. The molecule has 1 aromatic carbocycles. The van der Waals surface area contributed by atoms with Gasteiger partial charge in [-0.2, -0.15) is 0 Å². The molecule has 3 heteroatoms. The van der Waals surface area contributed by atoms with Crippen molar-refractivity contribution in [1.82, 2.24) is 4.90 Å². The number of alkyl halides is 1. The van der Waals surface area contributed by atoms with Gasteiger partial charge in [0.05, 0.1) is 12.0 Å². The average molecular weight is 284 g/mol. The third-order valence-corrected chi connectivity index (χ3v) is 3.66. The molecule has 19 heavy (non-hydrogen) atoms. The predicted octanol–water partition coefficient (Wildman–Crippen LogP) is 3.48. The smallest absolute Gasteiger partial charge is 0.0712 e. The van der Waals surface area contributed by atoms with Crippen LogP contribution in [0.1, 0.15) is 37.3 Å². The van der Waals surface area contributed by atoms with E-state index in [1.807, 2.05) is 0 Å². The summed E-state index contributed by atoms with van der Waals surface area (Å²) in [6.07, 6.45) is 1.11. The molecule has 1 unspecified atom stereocenters. The molecule has 0 heterocycles. The maximum absolute atomic E-state index is 8.99. The molecule has 0 aliphatic carbocycles. The minimum atomic E-state index is -0.0143. The zero-order valence-corrected chi connectivity index (χ0v) is 13.0. The summed E-state index contributed by atoms with van der Waals surface area (Å²) >= 11 is 6.45. The molecule has 0 bridgehead atoms. The highest BCUT2D eigenvalue weighted by molar-refractivity contribution is 6.21. The summed E-state index contributed by atoms with van der Waals surface area (Å²) < 4.78 is 0. The van der Waals surface area contributed by atoms with E-state index in [1.165, 1.54) is 5.56 Å². The Morgan fingerprint density at radius 3 is 2.32 bits per heavy atom. The monoisotopic (exact) mass is 283 g/mol. The van der Waals surface area contributed by atoms with Gasteiger partial charge >= 0.3 is 0 Å². The summed E-state index contributed by atoms with van der Waals surface area (Å²) in [5.74, 6) is 0.679. The zero-order chi connectivity index (χ0) is 14.3. The van der Waals surface area contributed by atoms with E-state index >= 15 is 0 Å². The first kappa shape index (κ1) is 16.5. The van der Waals surface area contributed by atoms with Crippen LogP contribution in [0.2, 0.25) is 0 Å². The average Bonchev–Trinajstić information content (AvgIpc) is 2.38. The van der Waals surface area contributed by atoms with Crippen molar-refractivity contribution in [2.45, 2.75) is 32.6 Å². The number of likely N-dealkylation sites (N-methyl/N-ethyl adjacent to an activating group) is 1. The van der Waals surface area contributed by atoms with Crippen molar-refractivity contribution in [2.24, 2.45) is 5.92 Å². The van der Waals surface area contributed by atoms with Crippen molar-refractivity contribution >= 4 is 11.6 Å². The van der Waals surface area contributed by atoms with Gasteiger partial charge in [0.25, 0.3) is 0 Å². The number of benzene rings is 1. The number of halogens is 1. The van der Waals surface area contributed by atoms with Gasteiger partial charge in [-0.15, -0.1) is 11.6 Å². The minimum Gasteiger partial charge on any atom is -0.395 e. The number of aliphatic hydroxyl groups is 1. The molecule has 0 aliphatic heterocycles. The van der Waals surface area contributed by atoms with Crippen LogP contribution in [0.15, 0.2) is 24.3 Å². The van der Waals surface area contributed by atoms with Gasteiger partial charge in [-0.1, -0.05) is 45.0 Å². The van der Waals surface area contributed by atoms with Gasteiger partial charge in [-0.3, -0.25) is 4.90 Å². The minimum absolute atomic E-state index is 0.0143. The van der Waals surface area contributed by atoms with Gasteiger partial charge in [-0.25, -0.2) is 0 Å². The molecule has 0 radical (unpaired) electrons. The Labute approximate surface area is 122 Å². The predicted molar refractivity (Wildman–Crippen MR) is 82.8 cm³/mol. The lowest BCUT2D eigenvalue weighted by atomic mass is 10.0. The van der Waals surface area contributed by atoms with E-state index in [9.17, 15) is 0 Å². The first-order chi connectivity index (χ1) is 9.06. The number of nitrogens with zero attached hydrogens (tertiary/aromatic N) is 1. The maximum atomic E-state index is 8.99. The van der Waals surface area contributed by atoms with E-state index in [1.54, 1.807) is 0 Å². The fourth-order valence-corrected chi connectivity index (χ4v) is 2.53. The zero-order valence-electron chi connectivity index (χ0n) is 12.3. The fraction of sp³-hybridized carbons (Fsp3) is 0.625. The van der Waals surface area contributed by atoms with Crippen LogP contribution in [-0.4, -0.2) is 36.2 Å². The largest absolute Gasteiger partial charge is 0.395 e. The molecule has 0 saturated heterocycles. The molecule has 108 valence electrons. The van der Waals surface area contributed by atoms with Crippen molar-refractivity contribution in [1.29, 1.82) is 0 Å². The Hall–Kier alpha value is -0.570. The lowest BCUT2D eigenvalue weighted by Gasteiger charge is -2.22. The topological polar surface area (TPSA) is 23.5 Å². The third kappa shape index (κ3) is 5.94. The third-order valence-electron chi connectivity index (χ3n) is 3.27. The molecular weight excluding hydrogens is 258 g/mol. The summed E-state index contributed by atoms with van der Waals surface area (Å²) in [4.78, 5) is 2.17. The first-order valence-electron chi connectivity index (χ1n) is 7.13. The van der Waals surface area contributed by atoms with Crippen molar-refractivity contribution in [3.8, 4) is 0 Å². The summed E-state index contributed by atoms with van der Waals surface area (Å²) in [7, 11) is 0. The van der Waals surface area contributed by atoms with Crippen LogP contribution in [0.5, 0.6) is 0 Å². The lowest BCUT2D eigenvalue weighted by molar-refractivity contribution is 0.202. The number of aliphatic hydroxyl groups excluding tert-OH is 1. The molecular formula is C16H26ClNO. The van der Waals surface area contributed by atoms with Crippen LogP contribution in [0.25, 0.3) is 0 Å². The second-order valence-electron chi connectivity index (χ2n) is 5.42. The van der Waals surface area contributed by atoms with Gasteiger partial charge in [0.1, 0.15) is 0 Å². The molecule has 2 nitrogen and oxygen atoms in total. The van der Waals surface area contributed by atoms with Gasteiger partial charge in [0.2, 0.25) is 0 Å². The molecule has 1 atom stereocenters. The van der Waals surface area contributed by atoms with Crippen LogP contribution in [0.3, 0.4) is 0 Å². The van der Waals surface area contributed by atoms with Gasteiger partial charge < -0.3 is 5.11 Å². The van der Waals surface area contributed by atoms with Gasteiger partial charge in [0, 0.05) is 13.1 Å². The molecule has 1 N–H and O–H groups in total. The van der Waals surface area contributed by atoms with E-state index in [-0.39, 0.29) is 12.0 Å². The number of rotatable bonds is 8. The van der Waals surface area contributed by atoms with E-state index in [0.717, 1.165) is 25.1 Å². The van der Waals surface area contributed by atoms with Gasteiger partial charge in [0.15, 0.2) is 0 Å². The maximum Gasteiger partial charge on any atom is 0.0712 e. The standard InChI is InChI=1S/C16H26ClNO/c1-4-18(9-10-19)12-16(17)15-7-5-14(6-8-15)11-13(2)3/h5-8,13,16,19H,4,9-12H2,1-3H3. The molecule has 0 fully saturated rings. The molecule has 1 rings (SSSR count). The van der Waals surface area contributed by atoms with Crippen molar-refractivity contribution < 1.29 is 5.11 Å². The normalized spacial score (nSPS) is 13.2. The van der Waals surface area contributed by atoms with Crippen molar-refractivity contribution in [2.75, 3.05) is 26.2 Å². The second-order valence-corrected chi connectivity index (χ2v) is 5.95. The van der Waals surface area contributed by atoms with Crippen LogP contribution in [-0.2, 0) is 6.42 Å². The van der Waals surface area contributed by atoms with Crippen LogP contribution >= 0.6 is 11.6 Å². The molecule has 0 aromatic heterocycles. The molecule has 0 aliphatic rings. The van der Waals surface area contributed by atoms with Crippen molar-refractivity contribution in [3.63, 3.8) is 0 Å². The lowest BCUT2D eigenvalue weighted by Crippen LogP contribution is -2.29. The summed E-state index contributed by atoms with van der Waals surface area (Å²) in [6, 6.07) is 8.60. The highest BCUT2D eigenvalue weighted by Crippen LogP contribution is 2.22. The molecule has 0 amide bonds. The SMILES string of the molecule is CCN(CCO)CC(Cl)c1ccc(CC(C)C)cc1. The van der Waals surface area contributed by atoms with E-state index in [2.05, 4.69) is 49.9 Å². The Morgan fingerprint density at radius 1 is 1.21 bits per heavy atom. The highest BCUT2D eigenvalue weighted by atomic mass is 35.5. The Kier molecular flexibility index (Phi) is 7.44. The summed E-state index contributed by atoms with van der Waals surface area (Å²) in [6.45, 7) is 9.11. The van der Waals surface area contributed by atoms with Crippen LogP contribution in [0.4, 0.5) is 0 Å². The van der Waals surface area contributed by atoms with Crippen molar-refractivity contribution in [3.05, 3.63) is 35.4 Å². The summed E-state index contributed by atoms with van der Waals surface area (Å²) in [5.41, 5.74) is 2.52. The molecule has 0 saturated carbocycles. The Morgan fingerprint density at radius 2 is 1.84 bits per heavy atom. The van der Waals surface area contributed by atoms with Gasteiger partial charge in [-0.05, 0) is 30.0 Å². The summed E-state index contributed by atoms with van der Waals surface area (Å²) in [5, 5.41) is 8.97. The second kappa shape index (κ2) is 8.57. The Bertz CT molecular complexity index is 350. The first-order valence-corrected chi connectivity index (χ1v) is 7.56. The molecule has 1 aromatic rings. The van der Waals surface area contributed by atoms with E-state index in [4.69, 9.17) is 16.7 Å². The highest BCUT2D eigenvalue weighted by Gasteiger charge is 2.12. The van der Waals surface area contributed by atoms with E-state index in [0.29, 0.717) is 12.5 Å². The quantitative estimate of drug-likeness (QED) is 0.739. The van der Waals surface area contributed by atoms with Crippen LogP contribution < -0.4 is 0 Å². The fourth-order valence-electron chi connectivity index (χ4n) is 2.19. The number of hydrogen-bond donors (Lipinski definition) is 1. The van der Waals surface area contributed by atoms with Crippen LogP contribution in [0, 0.1) is 5.92 Å².